The van der Waals surface area contributed by atoms with Crippen molar-refractivity contribution in [2.24, 2.45) is 0 Å². The fourth-order valence-electron chi connectivity index (χ4n) is 3.11. The number of anilines is 1. The van der Waals surface area contributed by atoms with E-state index in [0.717, 1.165) is 27.9 Å². The van der Waals surface area contributed by atoms with Gasteiger partial charge in [-0.1, -0.05) is 17.7 Å². The summed E-state index contributed by atoms with van der Waals surface area (Å²) in [5.41, 5.74) is 4.62. The predicted molar refractivity (Wildman–Crippen MR) is 96.3 cm³/mol. The molecule has 1 amide bonds. The number of carbonyl (C=O) groups is 1. The zero-order valence-electron chi connectivity index (χ0n) is 13.5. The SMILES string of the molecule is Cc1ccc(NC(=O)c2cc3c(Cl)ccc4c3n2CCO4)cc1C. The van der Waals surface area contributed by atoms with Crippen molar-refractivity contribution in [1.29, 1.82) is 0 Å². The molecule has 0 unspecified atom stereocenters. The molecule has 1 N–H and O–H groups in total. The molecule has 2 heterocycles. The number of hydrogen-bond acceptors (Lipinski definition) is 2. The van der Waals surface area contributed by atoms with Gasteiger partial charge >= 0.3 is 0 Å². The van der Waals surface area contributed by atoms with E-state index in [1.165, 1.54) is 5.56 Å². The van der Waals surface area contributed by atoms with E-state index in [1.807, 2.05) is 48.7 Å². The highest BCUT2D eigenvalue weighted by Gasteiger charge is 2.23. The van der Waals surface area contributed by atoms with Crippen LogP contribution in [-0.4, -0.2) is 17.1 Å². The number of nitrogens with one attached hydrogen (secondary N) is 1. The van der Waals surface area contributed by atoms with Gasteiger partial charge in [0.25, 0.3) is 5.91 Å². The summed E-state index contributed by atoms with van der Waals surface area (Å²) in [6, 6.07) is 11.4. The highest BCUT2D eigenvalue weighted by atomic mass is 35.5. The van der Waals surface area contributed by atoms with E-state index in [4.69, 9.17) is 16.3 Å². The average molecular weight is 341 g/mol. The van der Waals surface area contributed by atoms with E-state index in [1.54, 1.807) is 6.07 Å². The number of benzene rings is 2. The topological polar surface area (TPSA) is 43.3 Å². The van der Waals surface area contributed by atoms with Crippen LogP contribution in [0, 0.1) is 13.8 Å². The number of aryl methyl sites for hydroxylation is 2. The summed E-state index contributed by atoms with van der Waals surface area (Å²) in [5, 5.41) is 4.45. The second-order valence-electron chi connectivity index (χ2n) is 6.09. The van der Waals surface area contributed by atoms with Crippen molar-refractivity contribution in [3.63, 3.8) is 0 Å². The van der Waals surface area contributed by atoms with Crippen LogP contribution in [0.3, 0.4) is 0 Å². The molecule has 4 nitrogen and oxygen atoms in total. The maximum atomic E-state index is 12.8. The molecule has 1 aromatic heterocycles. The molecule has 1 aliphatic rings. The third-order valence-corrected chi connectivity index (χ3v) is 4.87. The molecule has 4 rings (SSSR count). The number of carbonyl (C=O) groups excluding carboxylic acids is 1. The Bertz CT molecular complexity index is 975. The summed E-state index contributed by atoms with van der Waals surface area (Å²) in [6.07, 6.45) is 0. The molecule has 2 aromatic carbocycles. The van der Waals surface area contributed by atoms with E-state index >= 15 is 0 Å². The van der Waals surface area contributed by atoms with Crippen LogP contribution in [0.5, 0.6) is 5.75 Å². The van der Waals surface area contributed by atoms with Crippen LogP contribution in [0.15, 0.2) is 36.4 Å². The van der Waals surface area contributed by atoms with Gasteiger partial charge in [0.15, 0.2) is 0 Å². The van der Waals surface area contributed by atoms with Crippen molar-refractivity contribution in [2.75, 3.05) is 11.9 Å². The maximum Gasteiger partial charge on any atom is 0.272 e. The van der Waals surface area contributed by atoms with Crippen molar-refractivity contribution in [3.8, 4) is 5.75 Å². The number of rotatable bonds is 2. The molecule has 24 heavy (non-hydrogen) atoms. The van der Waals surface area contributed by atoms with Gasteiger partial charge in [0.1, 0.15) is 18.1 Å². The van der Waals surface area contributed by atoms with Crippen molar-refractivity contribution in [2.45, 2.75) is 20.4 Å². The summed E-state index contributed by atoms with van der Waals surface area (Å²) >= 11 is 6.30. The fraction of sp³-hybridized carbons (Fsp3) is 0.211. The molecule has 0 spiro atoms. The second-order valence-corrected chi connectivity index (χ2v) is 6.50. The lowest BCUT2D eigenvalue weighted by atomic mass is 10.1. The first kappa shape index (κ1) is 15.1. The van der Waals surface area contributed by atoms with Crippen LogP contribution >= 0.6 is 11.6 Å². The molecule has 1 aliphatic heterocycles. The summed E-state index contributed by atoms with van der Waals surface area (Å²) in [7, 11) is 0. The van der Waals surface area contributed by atoms with Crippen LogP contribution in [0.2, 0.25) is 5.02 Å². The van der Waals surface area contributed by atoms with Crippen LogP contribution in [0.4, 0.5) is 5.69 Å². The minimum atomic E-state index is -0.140. The first-order valence-corrected chi connectivity index (χ1v) is 8.25. The Morgan fingerprint density at radius 1 is 1.17 bits per heavy atom. The number of aromatic nitrogens is 1. The quantitative estimate of drug-likeness (QED) is 0.743. The average Bonchev–Trinajstić information content (AvgIpc) is 2.96. The van der Waals surface area contributed by atoms with Crippen LogP contribution < -0.4 is 10.1 Å². The third-order valence-electron chi connectivity index (χ3n) is 4.54. The molecule has 0 fully saturated rings. The molecule has 0 aliphatic carbocycles. The normalized spacial score (nSPS) is 13.0. The van der Waals surface area contributed by atoms with Crippen LogP contribution in [0.1, 0.15) is 21.6 Å². The molecule has 3 aromatic rings. The lowest BCUT2D eigenvalue weighted by Gasteiger charge is -2.19. The highest BCUT2D eigenvalue weighted by Crippen LogP contribution is 2.36. The molecule has 0 atom stereocenters. The summed E-state index contributed by atoms with van der Waals surface area (Å²) in [6.45, 7) is 5.26. The lowest BCUT2D eigenvalue weighted by molar-refractivity contribution is 0.101. The first-order chi connectivity index (χ1) is 11.5. The monoisotopic (exact) mass is 340 g/mol. The van der Waals surface area contributed by atoms with E-state index < -0.39 is 0 Å². The Morgan fingerprint density at radius 2 is 2.00 bits per heavy atom. The molecule has 0 saturated heterocycles. The maximum absolute atomic E-state index is 12.8. The van der Waals surface area contributed by atoms with Gasteiger partial charge in [-0.05, 0) is 55.3 Å². The van der Waals surface area contributed by atoms with Crippen molar-refractivity contribution in [1.82, 2.24) is 4.57 Å². The number of hydrogen-bond donors (Lipinski definition) is 1. The molecule has 0 radical (unpaired) electrons. The Balaban J connectivity index is 1.76. The Morgan fingerprint density at radius 3 is 2.79 bits per heavy atom. The van der Waals surface area contributed by atoms with Gasteiger partial charge in [-0.3, -0.25) is 4.79 Å². The van der Waals surface area contributed by atoms with Crippen molar-refractivity contribution < 1.29 is 9.53 Å². The summed E-state index contributed by atoms with van der Waals surface area (Å²) < 4.78 is 7.66. The largest absolute Gasteiger partial charge is 0.490 e. The van der Waals surface area contributed by atoms with Gasteiger partial charge in [-0.2, -0.15) is 0 Å². The number of amides is 1. The first-order valence-electron chi connectivity index (χ1n) is 7.88. The number of nitrogens with zero attached hydrogens (tertiary/aromatic N) is 1. The Kier molecular flexibility index (Phi) is 3.50. The third kappa shape index (κ3) is 2.34. The van der Waals surface area contributed by atoms with E-state index in [2.05, 4.69) is 5.32 Å². The molecular weight excluding hydrogens is 324 g/mol. The Hall–Kier alpha value is -2.46. The smallest absolute Gasteiger partial charge is 0.272 e. The fourth-order valence-corrected chi connectivity index (χ4v) is 3.32. The molecule has 0 bridgehead atoms. The van der Waals surface area contributed by atoms with E-state index in [9.17, 15) is 4.79 Å². The summed E-state index contributed by atoms with van der Waals surface area (Å²) in [5.74, 6) is 0.629. The predicted octanol–water partition coefficient (Wildman–Crippen LogP) is 4.56. The van der Waals surface area contributed by atoms with Gasteiger partial charge in [0.2, 0.25) is 0 Å². The number of ether oxygens (including phenoxy) is 1. The van der Waals surface area contributed by atoms with Crippen LogP contribution in [-0.2, 0) is 6.54 Å². The van der Waals surface area contributed by atoms with Gasteiger partial charge in [-0.25, -0.2) is 0 Å². The van der Waals surface area contributed by atoms with Crippen molar-refractivity contribution in [3.05, 3.63) is 58.2 Å². The summed E-state index contributed by atoms with van der Waals surface area (Å²) in [4.78, 5) is 12.8. The zero-order chi connectivity index (χ0) is 16.8. The van der Waals surface area contributed by atoms with Crippen LogP contribution in [0.25, 0.3) is 10.9 Å². The minimum absolute atomic E-state index is 0.140. The van der Waals surface area contributed by atoms with E-state index in [-0.39, 0.29) is 5.91 Å². The Labute approximate surface area is 145 Å². The molecule has 122 valence electrons. The van der Waals surface area contributed by atoms with Crippen molar-refractivity contribution >= 4 is 34.1 Å². The number of halogens is 1. The minimum Gasteiger partial charge on any atom is -0.490 e. The second kappa shape index (κ2) is 5.56. The molecule has 5 heteroatoms. The zero-order valence-corrected chi connectivity index (χ0v) is 14.3. The lowest BCUT2D eigenvalue weighted by Crippen LogP contribution is -2.21. The standard InChI is InChI=1S/C19H17ClN2O2/c1-11-3-4-13(9-12(11)2)21-19(23)16-10-14-15(20)5-6-17-18(14)22(16)7-8-24-17/h3-6,9-10H,7-8H2,1-2H3,(H,21,23). The molecule has 0 saturated carbocycles. The highest BCUT2D eigenvalue weighted by molar-refractivity contribution is 6.36. The van der Waals surface area contributed by atoms with E-state index in [0.29, 0.717) is 23.9 Å². The van der Waals surface area contributed by atoms with Gasteiger partial charge in [0.05, 0.1) is 17.1 Å². The molecular formula is C19H17ClN2O2. The van der Waals surface area contributed by atoms with Gasteiger partial charge in [0, 0.05) is 11.1 Å². The van der Waals surface area contributed by atoms with Gasteiger partial charge in [-0.15, -0.1) is 0 Å². The van der Waals surface area contributed by atoms with Gasteiger partial charge < -0.3 is 14.6 Å².